The zero-order valence-electron chi connectivity index (χ0n) is 26.4. The van der Waals surface area contributed by atoms with E-state index in [9.17, 15) is 35.9 Å². The van der Waals surface area contributed by atoms with Gasteiger partial charge in [0.05, 0.1) is 12.1 Å². The van der Waals surface area contributed by atoms with Crippen LogP contribution in [-0.4, -0.2) is 42.4 Å². The molecule has 0 bridgehead atoms. The fraction of sp³-hybridized carbons (Fsp3) is 0.222. The van der Waals surface area contributed by atoms with Crippen molar-refractivity contribution in [3.8, 4) is 11.5 Å². The number of urea groups is 1. The largest absolute Gasteiger partial charge is 0.573 e. The highest BCUT2D eigenvalue weighted by molar-refractivity contribution is 5.87. The quantitative estimate of drug-likeness (QED) is 0.0908. The number of nitrogens with one attached hydrogen (secondary N) is 3. The van der Waals surface area contributed by atoms with E-state index in [0.29, 0.717) is 11.1 Å². The Morgan fingerprint density at radius 3 is 1.92 bits per heavy atom. The number of hydrogen-bond donors (Lipinski definition) is 3. The van der Waals surface area contributed by atoms with Crippen molar-refractivity contribution in [2.75, 3.05) is 6.61 Å². The molecular weight excluding hydrogens is 668 g/mol. The number of hydrogen-bond acceptors (Lipinski definition) is 5. The number of aromatic nitrogens is 1. The Bertz CT molecular complexity index is 1870. The molecule has 0 aliphatic carbocycles. The number of ether oxygens (including phenoxy) is 3. The molecule has 0 saturated heterocycles. The van der Waals surface area contributed by atoms with Crippen LogP contribution in [0, 0.1) is 0 Å². The molecule has 5 rings (SSSR count). The average Bonchev–Trinajstić information content (AvgIpc) is 3.46. The third kappa shape index (κ3) is 9.07. The Hall–Kier alpha value is -5.66. The lowest BCUT2D eigenvalue weighted by atomic mass is 9.77. The van der Waals surface area contributed by atoms with Crippen molar-refractivity contribution in [2.45, 2.75) is 44.1 Å². The van der Waals surface area contributed by atoms with E-state index < -0.39 is 47.8 Å². The zero-order valence-corrected chi connectivity index (χ0v) is 26.4. The second kappa shape index (κ2) is 14.8. The van der Waals surface area contributed by atoms with Crippen LogP contribution in [0.1, 0.15) is 29.2 Å². The molecule has 0 aliphatic heterocycles. The molecule has 1 unspecified atom stereocenters. The Balaban J connectivity index is 1.61. The predicted molar refractivity (Wildman–Crippen MR) is 171 cm³/mol. The highest BCUT2D eigenvalue weighted by Gasteiger charge is 2.40. The summed E-state index contributed by atoms with van der Waals surface area (Å²) in [6, 6.07) is 23.0. The van der Waals surface area contributed by atoms with Crippen LogP contribution in [0.25, 0.3) is 10.9 Å². The first-order valence-corrected chi connectivity index (χ1v) is 15.3. The lowest BCUT2D eigenvalue weighted by molar-refractivity contribution is -0.275. The summed E-state index contributed by atoms with van der Waals surface area (Å²) in [5.41, 5.74) is 0.208. The van der Waals surface area contributed by atoms with Gasteiger partial charge in [0.1, 0.15) is 17.5 Å². The number of para-hydroxylation sites is 1. The molecule has 14 heteroatoms. The summed E-state index contributed by atoms with van der Waals surface area (Å²) in [6.45, 7) is 1.60. The average molecular weight is 700 g/mol. The van der Waals surface area contributed by atoms with Gasteiger partial charge in [0.2, 0.25) is 0 Å². The van der Waals surface area contributed by atoms with E-state index in [4.69, 9.17) is 4.74 Å². The molecule has 1 atom stereocenters. The van der Waals surface area contributed by atoms with E-state index in [-0.39, 0.29) is 30.6 Å². The molecule has 0 aliphatic rings. The zero-order chi connectivity index (χ0) is 35.9. The van der Waals surface area contributed by atoms with Gasteiger partial charge in [-0.3, -0.25) is 0 Å². The Morgan fingerprint density at radius 1 is 0.760 bits per heavy atom. The predicted octanol–water partition coefficient (Wildman–Crippen LogP) is 7.93. The number of carbonyl (C=O) groups is 2. The van der Waals surface area contributed by atoms with Gasteiger partial charge in [-0.15, -0.1) is 26.3 Å². The van der Waals surface area contributed by atoms with Gasteiger partial charge in [0.15, 0.2) is 0 Å². The standard InChI is InChI=1S/C36H31F6N3O5/c1-2-48-32(46)31(18-24-22-43-30-17-7-6-16-29(24)30)44-33(47)45-34(21-23-10-4-3-5-11-23,25-12-8-14-27(19-25)49-35(37,38)39)26-13-9-15-28(20-26)50-36(40,41)42/h3-17,19-20,22,31,43H,2,18,21H2,1H3,(H2,44,45,47). The summed E-state index contributed by atoms with van der Waals surface area (Å²) in [5, 5.41) is 6.22. The molecule has 1 aromatic heterocycles. The van der Waals surface area contributed by atoms with Crippen molar-refractivity contribution in [3.05, 3.63) is 132 Å². The smallest absolute Gasteiger partial charge is 0.464 e. The maximum atomic E-state index is 14.1. The number of esters is 1. The van der Waals surface area contributed by atoms with E-state index in [1.807, 2.05) is 24.3 Å². The van der Waals surface area contributed by atoms with Crippen molar-refractivity contribution in [2.24, 2.45) is 0 Å². The minimum absolute atomic E-state index is 0.00244. The van der Waals surface area contributed by atoms with Gasteiger partial charge in [-0.25, -0.2) is 9.59 Å². The van der Waals surface area contributed by atoms with Gasteiger partial charge in [-0.05, 0) is 59.5 Å². The van der Waals surface area contributed by atoms with Gasteiger partial charge in [-0.1, -0.05) is 72.8 Å². The lowest BCUT2D eigenvalue weighted by Crippen LogP contribution is -2.55. The Labute approximate surface area is 282 Å². The highest BCUT2D eigenvalue weighted by atomic mass is 19.4. The van der Waals surface area contributed by atoms with E-state index in [0.717, 1.165) is 35.2 Å². The number of fused-ring (bicyclic) bond motifs is 1. The number of halogens is 6. The van der Waals surface area contributed by atoms with Crippen LogP contribution in [0.5, 0.6) is 11.5 Å². The van der Waals surface area contributed by atoms with Crippen LogP contribution in [0.4, 0.5) is 31.1 Å². The summed E-state index contributed by atoms with van der Waals surface area (Å²) in [4.78, 5) is 30.4. The number of alkyl halides is 6. The number of carbonyl (C=O) groups excluding carboxylic acids is 2. The second-order valence-corrected chi connectivity index (χ2v) is 11.2. The van der Waals surface area contributed by atoms with E-state index in [1.165, 1.54) is 24.3 Å². The lowest BCUT2D eigenvalue weighted by Gasteiger charge is -2.37. The minimum Gasteiger partial charge on any atom is -0.464 e. The van der Waals surface area contributed by atoms with E-state index in [2.05, 4.69) is 25.1 Å². The first-order valence-electron chi connectivity index (χ1n) is 15.3. The van der Waals surface area contributed by atoms with Crippen molar-refractivity contribution in [3.63, 3.8) is 0 Å². The second-order valence-electron chi connectivity index (χ2n) is 11.2. The molecule has 262 valence electrons. The first kappa shape index (κ1) is 35.6. The van der Waals surface area contributed by atoms with Crippen LogP contribution in [0.15, 0.2) is 109 Å². The summed E-state index contributed by atoms with van der Waals surface area (Å²) in [5.74, 6) is -2.04. The normalized spacial score (nSPS) is 12.6. The Kier molecular flexibility index (Phi) is 10.6. The molecule has 1 heterocycles. The van der Waals surface area contributed by atoms with Crippen molar-refractivity contribution >= 4 is 22.9 Å². The fourth-order valence-corrected chi connectivity index (χ4v) is 5.72. The number of benzene rings is 4. The van der Waals surface area contributed by atoms with Crippen LogP contribution in [0.2, 0.25) is 0 Å². The summed E-state index contributed by atoms with van der Waals surface area (Å²) < 4.78 is 93.5. The monoisotopic (exact) mass is 699 g/mol. The third-order valence-electron chi connectivity index (χ3n) is 7.74. The fourth-order valence-electron chi connectivity index (χ4n) is 5.72. The maximum absolute atomic E-state index is 14.1. The summed E-state index contributed by atoms with van der Waals surface area (Å²) >= 11 is 0. The highest BCUT2D eigenvalue weighted by Crippen LogP contribution is 2.38. The molecule has 0 saturated carbocycles. The SMILES string of the molecule is CCOC(=O)C(Cc1c[nH]c2ccccc12)NC(=O)NC(Cc1ccccc1)(c1cccc(OC(F)(F)F)c1)c1cccc(OC(F)(F)F)c1. The first-order chi connectivity index (χ1) is 23.7. The maximum Gasteiger partial charge on any atom is 0.573 e. The number of H-pyrrole nitrogens is 1. The van der Waals surface area contributed by atoms with E-state index >= 15 is 0 Å². The summed E-state index contributed by atoms with van der Waals surface area (Å²) in [7, 11) is 0. The van der Waals surface area contributed by atoms with Gasteiger partial charge in [0, 0.05) is 29.9 Å². The molecule has 3 N–H and O–H groups in total. The molecule has 50 heavy (non-hydrogen) atoms. The molecule has 4 aromatic carbocycles. The molecular formula is C36H31F6N3O5. The number of aromatic amines is 1. The molecule has 0 radical (unpaired) electrons. The topological polar surface area (TPSA) is 102 Å². The van der Waals surface area contributed by atoms with Crippen LogP contribution in [0.3, 0.4) is 0 Å². The minimum atomic E-state index is -5.07. The van der Waals surface area contributed by atoms with Gasteiger partial charge in [0.25, 0.3) is 0 Å². The van der Waals surface area contributed by atoms with Crippen LogP contribution >= 0.6 is 0 Å². The van der Waals surface area contributed by atoms with Gasteiger partial charge >= 0.3 is 24.7 Å². The molecule has 5 aromatic rings. The van der Waals surface area contributed by atoms with Crippen molar-refractivity contribution in [1.82, 2.24) is 15.6 Å². The van der Waals surface area contributed by atoms with E-state index in [1.54, 1.807) is 43.5 Å². The van der Waals surface area contributed by atoms with Crippen molar-refractivity contribution < 1.29 is 50.1 Å². The van der Waals surface area contributed by atoms with Crippen LogP contribution < -0.4 is 20.1 Å². The number of rotatable bonds is 12. The number of amides is 2. The van der Waals surface area contributed by atoms with Gasteiger partial charge in [-0.2, -0.15) is 0 Å². The summed E-state index contributed by atoms with van der Waals surface area (Å²) in [6.07, 6.45) is -8.62. The molecule has 0 fully saturated rings. The molecule has 2 amide bonds. The Morgan fingerprint density at radius 2 is 1.34 bits per heavy atom. The molecule has 8 nitrogen and oxygen atoms in total. The van der Waals surface area contributed by atoms with Crippen LogP contribution in [-0.2, 0) is 27.9 Å². The van der Waals surface area contributed by atoms with Crippen molar-refractivity contribution in [1.29, 1.82) is 0 Å². The third-order valence-corrected chi connectivity index (χ3v) is 7.74. The van der Waals surface area contributed by atoms with Gasteiger partial charge < -0.3 is 29.8 Å². The molecule has 0 spiro atoms.